The minimum atomic E-state index is -1.62. The van der Waals surface area contributed by atoms with E-state index in [1.165, 1.54) is 0 Å². The van der Waals surface area contributed by atoms with Crippen molar-refractivity contribution >= 4 is 5.97 Å². The molecule has 1 rings (SSSR count). The molecule has 0 atom stereocenters. The second kappa shape index (κ2) is 3.99. The van der Waals surface area contributed by atoms with E-state index in [0.29, 0.717) is 12.1 Å². The summed E-state index contributed by atoms with van der Waals surface area (Å²) in [4.78, 5) is 10.0. The highest BCUT2D eigenvalue weighted by Gasteiger charge is 2.11. The molecular weight excluding hydrogens is 201 g/mol. The highest BCUT2D eigenvalue weighted by molar-refractivity contribution is 5.68. The quantitative estimate of drug-likeness (QED) is 0.763. The van der Waals surface area contributed by atoms with E-state index < -0.39 is 30.0 Å². The van der Waals surface area contributed by atoms with Crippen molar-refractivity contribution in [1.29, 1.82) is 0 Å². The Morgan fingerprint density at radius 1 is 1.29 bits per heavy atom. The van der Waals surface area contributed by atoms with Crippen molar-refractivity contribution in [2.75, 3.05) is 6.61 Å². The maximum Gasteiger partial charge on any atom is 0.341 e. The molecule has 0 bridgehead atoms. The number of carboxylic acids is 1. The van der Waals surface area contributed by atoms with E-state index >= 15 is 0 Å². The highest BCUT2D eigenvalue weighted by Crippen LogP contribution is 2.18. The van der Waals surface area contributed by atoms with Gasteiger partial charge in [-0.25, -0.2) is 18.0 Å². The standard InChI is InChI=1S/C8H5F3O3/c9-5-1-4(14-3-7(12)13)2-6(10)8(5)11/h1-2H,3H2,(H,12,13). The predicted octanol–water partition coefficient (Wildman–Crippen LogP) is 1.57. The van der Waals surface area contributed by atoms with Crippen LogP contribution in [0.25, 0.3) is 0 Å². The van der Waals surface area contributed by atoms with Gasteiger partial charge in [0.1, 0.15) is 5.75 Å². The number of hydrogen-bond acceptors (Lipinski definition) is 2. The molecule has 1 aromatic rings. The zero-order chi connectivity index (χ0) is 10.7. The van der Waals surface area contributed by atoms with Crippen LogP contribution in [-0.4, -0.2) is 17.7 Å². The molecule has 6 heteroatoms. The lowest BCUT2D eigenvalue weighted by Gasteiger charge is -2.03. The third kappa shape index (κ3) is 2.38. The van der Waals surface area contributed by atoms with Gasteiger partial charge >= 0.3 is 5.97 Å². The number of carboxylic acid groups (broad SMARTS) is 1. The summed E-state index contributed by atoms with van der Waals surface area (Å²) in [6, 6.07) is 1.14. The van der Waals surface area contributed by atoms with E-state index in [4.69, 9.17) is 5.11 Å². The first-order chi connectivity index (χ1) is 6.50. The number of hydrogen-bond donors (Lipinski definition) is 1. The molecule has 3 nitrogen and oxygen atoms in total. The number of benzene rings is 1. The number of carbonyl (C=O) groups is 1. The normalized spacial score (nSPS) is 9.93. The smallest absolute Gasteiger partial charge is 0.341 e. The minimum Gasteiger partial charge on any atom is -0.482 e. The van der Waals surface area contributed by atoms with Crippen molar-refractivity contribution < 1.29 is 27.8 Å². The molecule has 0 aromatic heterocycles. The van der Waals surface area contributed by atoms with E-state index in [-0.39, 0.29) is 5.75 Å². The van der Waals surface area contributed by atoms with Gasteiger partial charge in [-0.3, -0.25) is 0 Å². The summed E-state index contributed by atoms with van der Waals surface area (Å²) in [6.07, 6.45) is 0. The lowest BCUT2D eigenvalue weighted by atomic mass is 10.3. The molecule has 0 spiro atoms. The average Bonchev–Trinajstić information content (AvgIpc) is 2.10. The van der Waals surface area contributed by atoms with Crippen LogP contribution in [0.4, 0.5) is 13.2 Å². The van der Waals surface area contributed by atoms with Crippen LogP contribution in [0.1, 0.15) is 0 Å². The largest absolute Gasteiger partial charge is 0.482 e. The Labute approximate surface area is 76.7 Å². The molecule has 76 valence electrons. The van der Waals surface area contributed by atoms with Crippen molar-refractivity contribution in [1.82, 2.24) is 0 Å². The van der Waals surface area contributed by atoms with Crippen LogP contribution < -0.4 is 4.74 Å². The summed E-state index contributed by atoms with van der Waals surface area (Å²) in [5.74, 6) is -6.14. The molecule has 0 amide bonds. The topological polar surface area (TPSA) is 46.5 Å². The Morgan fingerprint density at radius 3 is 2.21 bits per heavy atom. The van der Waals surface area contributed by atoms with Crippen molar-refractivity contribution in [2.24, 2.45) is 0 Å². The minimum absolute atomic E-state index is 0.371. The molecule has 0 radical (unpaired) electrons. The van der Waals surface area contributed by atoms with Gasteiger partial charge < -0.3 is 9.84 Å². The Balaban J connectivity index is 2.84. The van der Waals surface area contributed by atoms with Gasteiger partial charge in [-0.15, -0.1) is 0 Å². The number of aliphatic carboxylic acids is 1. The Hall–Kier alpha value is -1.72. The summed E-state index contributed by atoms with van der Waals surface area (Å²) in [5.41, 5.74) is 0. The predicted molar refractivity (Wildman–Crippen MR) is 39.4 cm³/mol. The Kier molecular flexibility index (Phi) is 2.95. The van der Waals surface area contributed by atoms with Gasteiger partial charge in [-0.2, -0.15) is 0 Å². The molecule has 0 fully saturated rings. The molecule has 1 aromatic carbocycles. The van der Waals surface area contributed by atoms with Gasteiger partial charge in [-0.1, -0.05) is 0 Å². The van der Waals surface area contributed by atoms with Crippen LogP contribution in [0.15, 0.2) is 12.1 Å². The average molecular weight is 206 g/mol. The third-order valence-electron chi connectivity index (χ3n) is 1.32. The first-order valence-corrected chi connectivity index (χ1v) is 3.50. The molecular formula is C8H5F3O3. The second-order valence-corrected chi connectivity index (χ2v) is 2.38. The Morgan fingerprint density at radius 2 is 1.79 bits per heavy atom. The zero-order valence-corrected chi connectivity index (χ0v) is 6.76. The molecule has 0 aliphatic carbocycles. The monoisotopic (exact) mass is 206 g/mol. The third-order valence-corrected chi connectivity index (χ3v) is 1.32. The van der Waals surface area contributed by atoms with Gasteiger partial charge in [-0.05, 0) is 0 Å². The van der Waals surface area contributed by atoms with Gasteiger partial charge in [0.15, 0.2) is 24.1 Å². The van der Waals surface area contributed by atoms with Crippen LogP contribution in [0.5, 0.6) is 5.75 Å². The fraction of sp³-hybridized carbons (Fsp3) is 0.125. The molecule has 0 saturated heterocycles. The van der Waals surface area contributed by atoms with Gasteiger partial charge in [0.05, 0.1) is 0 Å². The molecule has 0 unspecified atom stereocenters. The summed E-state index contributed by atoms with van der Waals surface area (Å²) < 4.78 is 41.9. The Bertz CT molecular complexity index is 342. The van der Waals surface area contributed by atoms with E-state index in [1.54, 1.807) is 0 Å². The van der Waals surface area contributed by atoms with Crippen LogP contribution >= 0.6 is 0 Å². The summed E-state index contributed by atoms with van der Waals surface area (Å²) >= 11 is 0. The van der Waals surface area contributed by atoms with E-state index in [0.717, 1.165) is 0 Å². The molecule has 14 heavy (non-hydrogen) atoms. The van der Waals surface area contributed by atoms with Crippen molar-refractivity contribution in [3.05, 3.63) is 29.6 Å². The van der Waals surface area contributed by atoms with Crippen LogP contribution in [0, 0.1) is 17.5 Å². The number of halogens is 3. The molecule has 0 aliphatic rings. The van der Waals surface area contributed by atoms with Crippen LogP contribution in [0.3, 0.4) is 0 Å². The number of rotatable bonds is 3. The van der Waals surface area contributed by atoms with Crippen molar-refractivity contribution in [3.63, 3.8) is 0 Å². The fourth-order valence-corrected chi connectivity index (χ4v) is 0.761. The summed E-state index contributed by atoms with van der Waals surface area (Å²) in [7, 11) is 0. The zero-order valence-electron chi connectivity index (χ0n) is 6.76. The van der Waals surface area contributed by atoms with Gasteiger partial charge in [0, 0.05) is 12.1 Å². The first-order valence-electron chi connectivity index (χ1n) is 3.50. The van der Waals surface area contributed by atoms with E-state index in [2.05, 4.69) is 4.74 Å². The van der Waals surface area contributed by atoms with Crippen molar-refractivity contribution in [3.8, 4) is 5.75 Å². The summed E-state index contributed by atoms with van der Waals surface area (Å²) in [5, 5.41) is 8.18. The molecule has 0 aliphatic heterocycles. The molecule has 1 N–H and O–H groups in total. The summed E-state index contributed by atoms with van der Waals surface area (Å²) in [6.45, 7) is -0.746. The van der Waals surface area contributed by atoms with Gasteiger partial charge in [0.2, 0.25) is 0 Å². The fourth-order valence-electron chi connectivity index (χ4n) is 0.761. The lowest BCUT2D eigenvalue weighted by Crippen LogP contribution is -2.10. The first kappa shape index (κ1) is 10.4. The van der Waals surface area contributed by atoms with Crippen LogP contribution in [-0.2, 0) is 4.79 Å². The van der Waals surface area contributed by atoms with E-state index in [1.807, 2.05) is 0 Å². The molecule has 0 saturated carbocycles. The highest BCUT2D eigenvalue weighted by atomic mass is 19.2. The second-order valence-electron chi connectivity index (χ2n) is 2.38. The maximum absolute atomic E-state index is 12.5. The number of ether oxygens (including phenoxy) is 1. The lowest BCUT2D eigenvalue weighted by molar-refractivity contribution is -0.139. The van der Waals surface area contributed by atoms with Crippen molar-refractivity contribution in [2.45, 2.75) is 0 Å². The maximum atomic E-state index is 12.5. The SMILES string of the molecule is O=C(O)COc1cc(F)c(F)c(F)c1. The van der Waals surface area contributed by atoms with E-state index in [9.17, 15) is 18.0 Å². The van der Waals surface area contributed by atoms with Gasteiger partial charge in [0.25, 0.3) is 0 Å². The molecule has 0 heterocycles. The van der Waals surface area contributed by atoms with Crippen LogP contribution in [0.2, 0.25) is 0 Å².